The fourth-order valence-corrected chi connectivity index (χ4v) is 5.59. The summed E-state index contributed by atoms with van der Waals surface area (Å²) in [6.07, 6.45) is 0.299. The summed E-state index contributed by atoms with van der Waals surface area (Å²) in [5.74, 6) is -0.0150. The summed E-state index contributed by atoms with van der Waals surface area (Å²) in [6.45, 7) is 4.70. The third kappa shape index (κ3) is 6.23. The molecule has 2 saturated heterocycles. The number of piperidine rings is 1. The summed E-state index contributed by atoms with van der Waals surface area (Å²) >= 11 is 5.84. The Labute approximate surface area is 219 Å². The lowest BCUT2D eigenvalue weighted by Gasteiger charge is -2.36. The maximum Gasteiger partial charge on any atom is 0.417 e. The van der Waals surface area contributed by atoms with Crippen LogP contribution in [0.25, 0.3) is 0 Å². The average molecular weight is 538 g/mol. The highest BCUT2D eigenvalue weighted by molar-refractivity contribution is 6.31. The Morgan fingerprint density at radius 2 is 1.84 bits per heavy atom. The second kappa shape index (κ2) is 11.3. The third-order valence-corrected chi connectivity index (χ3v) is 7.80. The zero-order valence-corrected chi connectivity index (χ0v) is 21.7. The minimum Gasteiger partial charge on any atom is -0.359 e. The number of carbonyl (C=O) groups excluding carboxylic acids is 2. The normalized spacial score (nSPS) is 19.3. The van der Waals surface area contributed by atoms with Crippen molar-refractivity contribution in [3.05, 3.63) is 57.6 Å². The molecule has 0 bridgehead atoms. The van der Waals surface area contributed by atoms with E-state index in [2.05, 4.69) is 20.2 Å². The molecule has 2 amide bonds. The van der Waals surface area contributed by atoms with Gasteiger partial charge in [0.1, 0.15) is 12.0 Å². The summed E-state index contributed by atoms with van der Waals surface area (Å²) in [5.41, 5.74) is 1.52. The highest BCUT2D eigenvalue weighted by Gasteiger charge is 2.35. The molecule has 11 heteroatoms. The lowest BCUT2D eigenvalue weighted by Crippen LogP contribution is -2.46. The van der Waals surface area contributed by atoms with Crippen LogP contribution in [0.15, 0.2) is 24.5 Å². The van der Waals surface area contributed by atoms with Gasteiger partial charge >= 0.3 is 6.18 Å². The van der Waals surface area contributed by atoms with Crippen molar-refractivity contribution in [3.8, 4) is 0 Å². The number of amides is 2. The predicted molar refractivity (Wildman–Crippen MR) is 133 cm³/mol. The quantitative estimate of drug-likeness (QED) is 0.604. The third-order valence-electron chi connectivity index (χ3n) is 7.49. The molecule has 1 aromatic carbocycles. The van der Waals surface area contributed by atoms with E-state index in [0.717, 1.165) is 38.4 Å². The van der Waals surface area contributed by atoms with Crippen LogP contribution in [0.4, 0.5) is 13.2 Å². The van der Waals surface area contributed by atoms with E-state index in [0.29, 0.717) is 54.5 Å². The molecule has 1 aromatic heterocycles. The van der Waals surface area contributed by atoms with Gasteiger partial charge in [0.2, 0.25) is 5.91 Å². The number of benzene rings is 1. The van der Waals surface area contributed by atoms with Gasteiger partial charge < -0.3 is 10.2 Å². The molecular formula is C26H31ClF3N5O2. The van der Waals surface area contributed by atoms with Crippen molar-refractivity contribution in [3.63, 3.8) is 0 Å². The molecule has 1 atom stereocenters. The van der Waals surface area contributed by atoms with Crippen LogP contribution in [-0.2, 0) is 23.8 Å². The van der Waals surface area contributed by atoms with Crippen LogP contribution < -0.4 is 5.32 Å². The van der Waals surface area contributed by atoms with Gasteiger partial charge in [-0.1, -0.05) is 17.7 Å². The summed E-state index contributed by atoms with van der Waals surface area (Å²) in [6, 6.07) is 4.09. The van der Waals surface area contributed by atoms with Crippen molar-refractivity contribution in [2.45, 2.75) is 51.2 Å². The smallest absolute Gasteiger partial charge is 0.359 e. The highest BCUT2D eigenvalue weighted by Crippen LogP contribution is 2.35. The number of halogens is 4. The molecule has 2 aliphatic rings. The summed E-state index contributed by atoms with van der Waals surface area (Å²) in [7, 11) is 1.67. The molecule has 1 N–H and O–H groups in total. The Morgan fingerprint density at radius 1 is 1.11 bits per heavy atom. The van der Waals surface area contributed by atoms with Crippen LogP contribution in [0, 0.1) is 12.8 Å². The maximum absolute atomic E-state index is 13.3. The molecule has 7 nitrogen and oxygen atoms in total. The summed E-state index contributed by atoms with van der Waals surface area (Å²) in [5, 5.41) is 2.40. The van der Waals surface area contributed by atoms with Gasteiger partial charge in [-0.3, -0.25) is 14.5 Å². The molecule has 0 saturated carbocycles. The van der Waals surface area contributed by atoms with Crippen molar-refractivity contribution in [1.29, 1.82) is 0 Å². The Bertz CT molecular complexity index is 1150. The average Bonchev–Trinajstić information content (AvgIpc) is 3.37. The summed E-state index contributed by atoms with van der Waals surface area (Å²) in [4.78, 5) is 38.0. The van der Waals surface area contributed by atoms with E-state index in [4.69, 9.17) is 11.6 Å². The van der Waals surface area contributed by atoms with Gasteiger partial charge in [0.25, 0.3) is 5.91 Å². The van der Waals surface area contributed by atoms with E-state index in [-0.39, 0.29) is 22.8 Å². The Hall–Kier alpha value is -2.72. The van der Waals surface area contributed by atoms with Gasteiger partial charge in [-0.25, -0.2) is 9.97 Å². The summed E-state index contributed by atoms with van der Waals surface area (Å²) < 4.78 is 38.9. The second-order valence-electron chi connectivity index (χ2n) is 9.72. The number of nitrogens with one attached hydrogen (secondary N) is 1. The molecule has 200 valence electrons. The number of nitrogens with zero attached hydrogens (tertiary/aromatic N) is 4. The Kier molecular flexibility index (Phi) is 8.38. The number of aromatic nitrogens is 2. The van der Waals surface area contributed by atoms with Crippen molar-refractivity contribution in [1.82, 2.24) is 25.1 Å². The van der Waals surface area contributed by atoms with Crippen molar-refractivity contribution >= 4 is 23.4 Å². The number of carbonyl (C=O) groups is 2. The lowest BCUT2D eigenvalue weighted by atomic mass is 10.0. The van der Waals surface area contributed by atoms with E-state index in [1.165, 1.54) is 18.5 Å². The first-order valence-electron chi connectivity index (χ1n) is 12.5. The van der Waals surface area contributed by atoms with Crippen molar-refractivity contribution in [2.24, 2.45) is 5.92 Å². The van der Waals surface area contributed by atoms with E-state index in [1.54, 1.807) is 14.0 Å². The van der Waals surface area contributed by atoms with E-state index in [9.17, 15) is 22.8 Å². The largest absolute Gasteiger partial charge is 0.417 e. The Balaban J connectivity index is 1.35. The van der Waals surface area contributed by atoms with Crippen molar-refractivity contribution in [2.75, 3.05) is 33.2 Å². The number of rotatable bonds is 6. The maximum atomic E-state index is 13.3. The number of aryl methyl sites for hydroxylation is 2. The number of hydrogen-bond acceptors (Lipinski definition) is 5. The van der Waals surface area contributed by atoms with Gasteiger partial charge in [0, 0.05) is 44.0 Å². The molecule has 2 aliphatic heterocycles. The van der Waals surface area contributed by atoms with Crippen molar-refractivity contribution < 1.29 is 22.8 Å². The van der Waals surface area contributed by atoms with E-state index in [1.807, 2.05) is 4.90 Å². The van der Waals surface area contributed by atoms with E-state index >= 15 is 0 Å². The molecule has 0 aliphatic carbocycles. The molecular weight excluding hydrogens is 507 g/mol. The molecule has 4 rings (SSSR count). The first kappa shape index (κ1) is 27.3. The van der Waals surface area contributed by atoms with Gasteiger partial charge in [-0.05, 0) is 63.3 Å². The highest BCUT2D eigenvalue weighted by atomic mass is 35.5. The first-order chi connectivity index (χ1) is 17.6. The van der Waals surface area contributed by atoms with Crippen LogP contribution in [0.5, 0.6) is 0 Å². The minimum atomic E-state index is -4.49. The monoisotopic (exact) mass is 537 g/mol. The minimum absolute atomic E-state index is 0.0327. The zero-order valence-electron chi connectivity index (χ0n) is 20.9. The SMILES string of the molecule is CNC(=O)[C@@H]1CCN(C2CCN(C(=O)c3ncnc(CCc4ccc(C(F)(F)F)c(Cl)c4)c3C)CC2)C1. The van der Waals surface area contributed by atoms with Crippen LogP contribution in [0.3, 0.4) is 0 Å². The first-order valence-corrected chi connectivity index (χ1v) is 12.9. The fourth-order valence-electron chi connectivity index (χ4n) is 5.28. The van der Waals surface area contributed by atoms with Crippen LogP contribution in [0.1, 0.15) is 52.1 Å². The zero-order chi connectivity index (χ0) is 26.7. The molecule has 0 radical (unpaired) electrons. The fraction of sp³-hybridized carbons (Fsp3) is 0.538. The van der Waals surface area contributed by atoms with E-state index < -0.39 is 11.7 Å². The van der Waals surface area contributed by atoms with Crippen LogP contribution in [0.2, 0.25) is 5.02 Å². The predicted octanol–water partition coefficient (Wildman–Crippen LogP) is 3.91. The molecule has 37 heavy (non-hydrogen) atoms. The molecule has 0 unspecified atom stereocenters. The standard InChI is InChI=1S/C26H31ClF3N5O2/c1-16-22(6-4-17-3-5-20(21(27)13-17)26(28,29)30)32-15-33-23(16)25(37)34-11-8-19(9-12-34)35-10-7-18(14-35)24(36)31-2/h3,5,13,15,18-19H,4,6-12,14H2,1-2H3,(H,31,36)/t18-/m1/s1. The van der Waals surface area contributed by atoms with Crippen LogP contribution in [-0.4, -0.2) is 70.9 Å². The number of hydrogen-bond donors (Lipinski definition) is 1. The second-order valence-corrected chi connectivity index (χ2v) is 10.1. The molecule has 3 heterocycles. The topological polar surface area (TPSA) is 78.4 Å². The van der Waals surface area contributed by atoms with Gasteiger partial charge in [-0.15, -0.1) is 0 Å². The van der Waals surface area contributed by atoms with Gasteiger partial charge in [0.15, 0.2) is 0 Å². The Morgan fingerprint density at radius 3 is 2.49 bits per heavy atom. The lowest BCUT2D eigenvalue weighted by molar-refractivity contribution is -0.137. The van der Waals surface area contributed by atoms with Gasteiger partial charge in [-0.2, -0.15) is 13.2 Å². The van der Waals surface area contributed by atoms with Crippen LogP contribution >= 0.6 is 11.6 Å². The van der Waals surface area contributed by atoms with Gasteiger partial charge in [0.05, 0.1) is 16.5 Å². The number of likely N-dealkylation sites (tertiary alicyclic amines) is 2. The molecule has 0 spiro atoms. The molecule has 2 fully saturated rings. The molecule has 2 aromatic rings. The number of alkyl halides is 3.